The summed E-state index contributed by atoms with van der Waals surface area (Å²) in [5.41, 5.74) is 6.74. The van der Waals surface area contributed by atoms with Crippen LogP contribution in [-0.2, 0) is 24.9 Å². The second-order valence-electron chi connectivity index (χ2n) is 12.3. The third-order valence-electron chi connectivity index (χ3n) is 9.46. The van der Waals surface area contributed by atoms with Crippen LogP contribution in [0.2, 0.25) is 0 Å². The monoisotopic (exact) mass is 841 g/mol. The number of benzene rings is 5. The fourth-order valence-electron chi connectivity index (χ4n) is 6.64. The second kappa shape index (κ2) is 17.4. The van der Waals surface area contributed by atoms with Crippen LogP contribution >= 0.6 is 0 Å². The van der Waals surface area contributed by atoms with Crippen LogP contribution < -0.4 is 0 Å². The van der Waals surface area contributed by atoms with E-state index in [9.17, 15) is 9.90 Å². The Morgan fingerprint density at radius 3 is 2.12 bits per heavy atom. The van der Waals surface area contributed by atoms with Gasteiger partial charge in [0.15, 0.2) is 5.78 Å². The van der Waals surface area contributed by atoms with Crippen molar-refractivity contribution in [3.05, 3.63) is 127 Å². The Hall–Kier alpha value is -4.57. The number of hydrogen-bond donors (Lipinski definition) is 1. The van der Waals surface area contributed by atoms with E-state index in [1.54, 1.807) is 0 Å². The van der Waals surface area contributed by atoms with Gasteiger partial charge >= 0.3 is 0 Å². The number of allylic oxidation sites excluding steroid dienone is 2. The maximum Gasteiger partial charge on any atom is 0.162 e. The molecule has 0 fully saturated rings. The van der Waals surface area contributed by atoms with Crippen molar-refractivity contribution in [2.75, 3.05) is 0 Å². The van der Waals surface area contributed by atoms with Crippen LogP contribution in [0.4, 0.5) is 0 Å². The van der Waals surface area contributed by atoms with Crippen LogP contribution in [0.15, 0.2) is 125 Å². The van der Waals surface area contributed by atoms with Crippen molar-refractivity contribution in [1.82, 2.24) is 4.98 Å². The number of rotatable bonds is 9. The molecule has 2 aromatic heterocycles. The zero-order valence-electron chi connectivity index (χ0n) is 28.5. The minimum atomic E-state index is 0. The number of nitrogens with zero attached hydrogens (tertiary/aromatic N) is 1. The molecule has 5 aromatic carbocycles. The molecule has 7 aromatic rings. The van der Waals surface area contributed by atoms with Gasteiger partial charge in [-0.3, -0.25) is 9.78 Å². The number of aliphatic hydroxyl groups excluding tert-OH is 1. The molecule has 0 unspecified atom stereocenters. The van der Waals surface area contributed by atoms with Gasteiger partial charge in [0.05, 0.1) is 16.9 Å². The molecular weight excluding hydrogens is 795 g/mol. The number of para-hydroxylation sites is 1. The van der Waals surface area contributed by atoms with Gasteiger partial charge in [-0.15, -0.1) is 18.2 Å². The molecule has 0 spiro atoms. The molecule has 0 amide bonds. The number of aliphatic hydroxyl groups is 1. The summed E-state index contributed by atoms with van der Waals surface area (Å²) in [7, 11) is 0. The van der Waals surface area contributed by atoms with E-state index in [1.807, 2.05) is 52.0 Å². The van der Waals surface area contributed by atoms with Crippen molar-refractivity contribution in [2.45, 2.75) is 60.8 Å². The van der Waals surface area contributed by atoms with Crippen molar-refractivity contribution < 1.29 is 34.4 Å². The number of aromatic nitrogens is 1. The Balaban J connectivity index is 0.000000286. The quantitative estimate of drug-likeness (QED) is 0.0681. The standard InChI is InChI=1S/C31H18NO.C13H24O2.CH4.Ir/c1-2-9-20(10-3-1)26-19-28(32-27-18-17-21-11-4-5-12-22(21)30(26)27)25-15-8-14-24-23-13-6-7-16-29(23)33-31(24)25;1-5-10(6-2)12(14)9-13(15)11(7-3)8-4;;/h1-14,16-19H;9-11,14H,5-8H2,1-4H3;1H4;/q-1;;;. The summed E-state index contributed by atoms with van der Waals surface area (Å²) < 4.78 is 6.29. The number of hydrogen-bond acceptors (Lipinski definition) is 4. The van der Waals surface area contributed by atoms with E-state index in [4.69, 9.17) is 9.40 Å². The van der Waals surface area contributed by atoms with Crippen LogP contribution in [0.3, 0.4) is 0 Å². The summed E-state index contributed by atoms with van der Waals surface area (Å²) >= 11 is 0. The minimum absolute atomic E-state index is 0. The van der Waals surface area contributed by atoms with Gasteiger partial charge in [0, 0.05) is 48.8 Å². The molecule has 259 valence electrons. The number of fused-ring (bicyclic) bond motifs is 6. The van der Waals surface area contributed by atoms with Gasteiger partial charge in [0.2, 0.25) is 0 Å². The van der Waals surface area contributed by atoms with Crippen LogP contribution in [-0.4, -0.2) is 15.9 Å². The molecule has 0 aliphatic rings. The predicted octanol–water partition coefficient (Wildman–Crippen LogP) is 12.9. The van der Waals surface area contributed by atoms with Crippen LogP contribution in [0.5, 0.6) is 0 Å². The third kappa shape index (κ3) is 7.75. The molecular formula is C45H46IrNO3-. The zero-order valence-corrected chi connectivity index (χ0v) is 30.9. The Kier molecular flexibility index (Phi) is 13.3. The van der Waals surface area contributed by atoms with Gasteiger partial charge in [-0.1, -0.05) is 131 Å². The summed E-state index contributed by atoms with van der Waals surface area (Å²) in [5.74, 6) is 0.547. The fraction of sp³-hybridized carbons (Fsp3) is 0.244. The molecule has 0 saturated carbocycles. The first-order valence-electron chi connectivity index (χ1n) is 17.1. The van der Waals surface area contributed by atoms with Gasteiger partial charge < -0.3 is 9.52 Å². The number of ketones is 1. The Bertz CT molecular complexity index is 2230. The molecule has 0 atom stereocenters. The largest absolute Gasteiger partial charge is 0.512 e. The molecule has 7 rings (SSSR count). The van der Waals surface area contributed by atoms with Crippen molar-refractivity contribution >= 4 is 49.4 Å². The number of carbonyl (C=O) groups is 1. The Morgan fingerprint density at radius 2 is 1.42 bits per heavy atom. The van der Waals surface area contributed by atoms with Crippen LogP contribution in [0.25, 0.3) is 66.0 Å². The minimum Gasteiger partial charge on any atom is -0.512 e. The van der Waals surface area contributed by atoms with Crippen molar-refractivity contribution in [2.24, 2.45) is 11.8 Å². The number of furan rings is 1. The van der Waals surface area contributed by atoms with Gasteiger partial charge in [0.25, 0.3) is 0 Å². The first-order valence-corrected chi connectivity index (χ1v) is 17.1. The van der Waals surface area contributed by atoms with E-state index in [0.717, 1.165) is 70.0 Å². The smallest absolute Gasteiger partial charge is 0.162 e. The summed E-state index contributed by atoms with van der Waals surface area (Å²) in [6.07, 6.45) is 4.91. The van der Waals surface area contributed by atoms with Gasteiger partial charge in [-0.2, -0.15) is 0 Å². The van der Waals surface area contributed by atoms with E-state index in [0.29, 0.717) is 0 Å². The molecule has 1 radical (unpaired) electrons. The summed E-state index contributed by atoms with van der Waals surface area (Å²) in [4.78, 5) is 16.8. The molecule has 5 heteroatoms. The first kappa shape index (κ1) is 38.2. The average molecular weight is 841 g/mol. The summed E-state index contributed by atoms with van der Waals surface area (Å²) in [5, 5.41) is 15.5. The van der Waals surface area contributed by atoms with Crippen molar-refractivity contribution in [1.29, 1.82) is 0 Å². The molecule has 2 heterocycles. The SMILES string of the molecule is C.CCC(CC)C(=O)C=C(O)C(CC)CC.[Ir].[c-]1ccc2c(oc3ccccc32)c1-c1cc(-c2ccccc2)c2c(ccc3ccccc32)n1. The van der Waals surface area contributed by atoms with E-state index in [2.05, 4.69) is 91.0 Å². The summed E-state index contributed by atoms with van der Waals surface area (Å²) in [6.45, 7) is 8.07. The van der Waals surface area contributed by atoms with Crippen LogP contribution in [0, 0.1) is 17.9 Å². The van der Waals surface area contributed by atoms with E-state index in [-0.39, 0.29) is 50.9 Å². The molecule has 50 heavy (non-hydrogen) atoms. The normalized spacial score (nSPS) is 11.4. The molecule has 0 aliphatic carbocycles. The average Bonchev–Trinajstić information content (AvgIpc) is 3.52. The Labute approximate surface area is 309 Å². The molecule has 4 nitrogen and oxygen atoms in total. The predicted molar refractivity (Wildman–Crippen MR) is 207 cm³/mol. The molecule has 0 saturated heterocycles. The third-order valence-corrected chi connectivity index (χ3v) is 9.46. The number of carbonyl (C=O) groups excluding carboxylic acids is 1. The van der Waals surface area contributed by atoms with Crippen molar-refractivity contribution in [3.63, 3.8) is 0 Å². The second-order valence-corrected chi connectivity index (χ2v) is 12.3. The van der Waals surface area contributed by atoms with Crippen molar-refractivity contribution in [3.8, 4) is 22.4 Å². The molecule has 0 bridgehead atoms. The molecule has 0 aliphatic heterocycles. The maximum absolute atomic E-state index is 11.7. The van der Waals surface area contributed by atoms with Gasteiger partial charge in [0.1, 0.15) is 5.58 Å². The van der Waals surface area contributed by atoms with E-state index < -0.39 is 0 Å². The van der Waals surface area contributed by atoms with Crippen LogP contribution in [0.1, 0.15) is 60.8 Å². The first-order chi connectivity index (χ1) is 23.5. The number of pyridine rings is 1. The topological polar surface area (TPSA) is 63.3 Å². The molecule has 1 N–H and O–H groups in total. The van der Waals surface area contributed by atoms with Gasteiger partial charge in [-0.25, -0.2) is 0 Å². The van der Waals surface area contributed by atoms with E-state index in [1.165, 1.54) is 27.8 Å². The fourth-order valence-corrected chi connectivity index (χ4v) is 6.64. The maximum atomic E-state index is 11.7. The zero-order chi connectivity index (χ0) is 33.6. The summed E-state index contributed by atoms with van der Waals surface area (Å²) in [6, 6.07) is 41.1. The van der Waals surface area contributed by atoms with Gasteiger partial charge in [-0.05, 0) is 65.4 Å². The van der Waals surface area contributed by atoms with E-state index >= 15 is 0 Å². The Morgan fingerprint density at radius 1 is 0.780 bits per heavy atom.